The van der Waals surface area contributed by atoms with E-state index < -0.39 is 0 Å². The van der Waals surface area contributed by atoms with Crippen molar-refractivity contribution >= 4 is 23.3 Å². The van der Waals surface area contributed by atoms with Crippen molar-refractivity contribution in [3.05, 3.63) is 34.9 Å². The number of likely N-dealkylation sites (tertiary alicyclic amines) is 1. The number of likely N-dealkylation sites (N-methyl/N-ethyl adjacent to an activating group) is 1. The Kier molecular flexibility index (Phi) is 6.60. The highest BCUT2D eigenvalue weighted by molar-refractivity contribution is 6.30. The van der Waals surface area contributed by atoms with Crippen LogP contribution in [0.3, 0.4) is 0 Å². The van der Waals surface area contributed by atoms with Crippen LogP contribution in [-0.4, -0.2) is 54.2 Å². The molecule has 1 aliphatic rings. The summed E-state index contributed by atoms with van der Waals surface area (Å²) in [5, 5.41) is 0.645. The first-order valence-electron chi connectivity index (χ1n) is 8.35. The maximum absolute atomic E-state index is 12.5. The van der Waals surface area contributed by atoms with E-state index in [9.17, 15) is 9.59 Å². The summed E-state index contributed by atoms with van der Waals surface area (Å²) in [6.45, 7) is 7.57. The van der Waals surface area contributed by atoms with Crippen LogP contribution in [0.1, 0.15) is 37.0 Å². The number of carbonyl (C=O) groups is 2. The van der Waals surface area contributed by atoms with Gasteiger partial charge in [-0.25, -0.2) is 0 Å². The lowest BCUT2D eigenvalue weighted by Crippen LogP contribution is -2.44. The summed E-state index contributed by atoms with van der Waals surface area (Å²) in [6.07, 6.45) is 1.62. The monoisotopic (exact) mass is 336 g/mol. The molecule has 0 aromatic heterocycles. The summed E-state index contributed by atoms with van der Waals surface area (Å²) in [4.78, 5) is 28.7. The van der Waals surface area contributed by atoms with Crippen LogP contribution < -0.4 is 0 Å². The first-order valence-corrected chi connectivity index (χ1v) is 8.72. The van der Waals surface area contributed by atoms with Gasteiger partial charge in [-0.2, -0.15) is 0 Å². The first kappa shape index (κ1) is 18.0. The topological polar surface area (TPSA) is 40.6 Å². The second kappa shape index (κ2) is 8.46. The van der Waals surface area contributed by atoms with Crippen molar-refractivity contribution in [3.63, 3.8) is 0 Å². The minimum absolute atomic E-state index is 0.0518. The Hall–Kier alpha value is -1.39. The van der Waals surface area contributed by atoms with Crippen LogP contribution in [0.25, 0.3) is 0 Å². The Morgan fingerprint density at radius 2 is 1.70 bits per heavy atom. The summed E-state index contributed by atoms with van der Waals surface area (Å²) in [6, 6.07) is 7.10. The van der Waals surface area contributed by atoms with E-state index in [1.54, 1.807) is 24.3 Å². The fourth-order valence-corrected chi connectivity index (χ4v) is 3.20. The molecule has 1 aromatic carbocycles. The molecule has 1 saturated heterocycles. The molecule has 1 heterocycles. The van der Waals surface area contributed by atoms with Gasteiger partial charge in [-0.15, -0.1) is 0 Å². The number of hydrogen-bond donors (Lipinski definition) is 0. The second-order valence-electron chi connectivity index (χ2n) is 5.99. The van der Waals surface area contributed by atoms with Crippen molar-refractivity contribution < 1.29 is 9.59 Å². The van der Waals surface area contributed by atoms with Gasteiger partial charge in [0.05, 0.1) is 6.54 Å². The van der Waals surface area contributed by atoms with Gasteiger partial charge in [-0.1, -0.05) is 11.6 Å². The van der Waals surface area contributed by atoms with Crippen LogP contribution in [0.15, 0.2) is 24.3 Å². The number of rotatable bonds is 6. The number of Topliss-reactive ketones (excluding diaryl/α,β-unsaturated/α-hetero) is 1. The fraction of sp³-hybridized carbons (Fsp3) is 0.556. The van der Waals surface area contributed by atoms with Crippen LogP contribution in [0.2, 0.25) is 5.02 Å². The van der Waals surface area contributed by atoms with Gasteiger partial charge >= 0.3 is 0 Å². The van der Waals surface area contributed by atoms with Crippen molar-refractivity contribution in [1.29, 1.82) is 0 Å². The van der Waals surface area contributed by atoms with E-state index in [1.807, 2.05) is 18.7 Å². The highest BCUT2D eigenvalue weighted by Crippen LogP contribution is 2.22. The minimum Gasteiger partial charge on any atom is -0.342 e. The summed E-state index contributed by atoms with van der Waals surface area (Å²) < 4.78 is 0. The van der Waals surface area contributed by atoms with E-state index in [-0.39, 0.29) is 17.6 Å². The Balaban J connectivity index is 1.85. The molecule has 0 aliphatic carbocycles. The number of benzene rings is 1. The molecule has 1 aliphatic heterocycles. The van der Waals surface area contributed by atoms with Gasteiger partial charge in [-0.3, -0.25) is 14.5 Å². The van der Waals surface area contributed by atoms with Crippen LogP contribution in [0.4, 0.5) is 0 Å². The largest absolute Gasteiger partial charge is 0.342 e. The molecular weight excluding hydrogens is 312 g/mol. The van der Waals surface area contributed by atoms with E-state index in [4.69, 9.17) is 11.6 Å². The van der Waals surface area contributed by atoms with Gasteiger partial charge in [0.1, 0.15) is 0 Å². The van der Waals surface area contributed by atoms with E-state index >= 15 is 0 Å². The molecule has 0 bridgehead atoms. The lowest BCUT2D eigenvalue weighted by Gasteiger charge is -2.32. The number of carbonyl (C=O) groups excluding carboxylic acids is 2. The third-order valence-electron chi connectivity index (χ3n) is 4.56. The Morgan fingerprint density at radius 1 is 1.13 bits per heavy atom. The molecule has 1 amide bonds. The average Bonchev–Trinajstić information content (AvgIpc) is 2.57. The maximum atomic E-state index is 12.5. The molecule has 0 atom stereocenters. The number of nitrogens with zero attached hydrogens (tertiary/aromatic N) is 2. The molecule has 5 heteroatoms. The van der Waals surface area contributed by atoms with Gasteiger partial charge in [-0.05, 0) is 64.0 Å². The zero-order valence-electron chi connectivity index (χ0n) is 13.9. The number of piperidine rings is 1. The molecule has 0 radical (unpaired) electrons. The number of halogens is 1. The van der Waals surface area contributed by atoms with Crippen LogP contribution in [0.5, 0.6) is 0 Å². The van der Waals surface area contributed by atoms with Crippen LogP contribution >= 0.6 is 11.6 Å². The smallest absolute Gasteiger partial charge is 0.236 e. The average molecular weight is 337 g/mol. The highest BCUT2D eigenvalue weighted by Gasteiger charge is 2.27. The van der Waals surface area contributed by atoms with Gasteiger partial charge in [0.15, 0.2) is 5.78 Å². The third-order valence-corrected chi connectivity index (χ3v) is 4.81. The highest BCUT2D eigenvalue weighted by atomic mass is 35.5. The molecule has 0 unspecified atom stereocenters. The lowest BCUT2D eigenvalue weighted by atomic mass is 9.89. The van der Waals surface area contributed by atoms with Crippen molar-refractivity contribution in [2.45, 2.75) is 26.7 Å². The van der Waals surface area contributed by atoms with Gasteiger partial charge in [0.2, 0.25) is 5.91 Å². The van der Waals surface area contributed by atoms with E-state index in [1.165, 1.54) is 0 Å². The van der Waals surface area contributed by atoms with Crippen molar-refractivity contribution in [2.75, 3.05) is 32.7 Å². The van der Waals surface area contributed by atoms with Gasteiger partial charge < -0.3 is 4.90 Å². The standard InChI is InChI=1S/C18H25ClN2O2/c1-3-21(4-2)17(22)13-20-11-9-15(10-12-20)18(23)14-5-7-16(19)8-6-14/h5-8,15H,3-4,9-13H2,1-2H3. The second-order valence-corrected chi connectivity index (χ2v) is 6.42. The van der Waals surface area contributed by atoms with E-state index in [0.29, 0.717) is 11.6 Å². The van der Waals surface area contributed by atoms with Crippen molar-refractivity contribution in [3.8, 4) is 0 Å². The Bertz CT molecular complexity index is 532. The lowest BCUT2D eigenvalue weighted by molar-refractivity contribution is -0.132. The maximum Gasteiger partial charge on any atom is 0.236 e. The zero-order chi connectivity index (χ0) is 16.8. The van der Waals surface area contributed by atoms with Crippen LogP contribution in [0, 0.1) is 5.92 Å². The van der Waals surface area contributed by atoms with E-state index in [2.05, 4.69) is 4.90 Å². The normalized spacial score (nSPS) is 16.3. The molecule has 0 saturated carbocycles. The van der Waals surface area contributed by atoms with Crippen molar-refractivity contribution in [1.82, 2.24) is 9.80 Å². The predicted octanol–water partition coefficient (Wildman–Crippen LogP) is 3.10. The number of amides is 1. The zero-order valence-corrected chi connectivity index (χ0v) is 14.7. The summed E-state index contributed by atoms with van der Waals surface area (Å²) in [7, 11) is 0. The summed E-state index contributed by atoms with van der Waals surface area (Å²) in [5.74, 6) is 0.421. The molecule has 1 fully saturated rings. The SMILES string of the molecule is CCN(CC)C(=O)CN1CCC(C(=O)c2ccc(Cl)cc2)CC1. The molecular formula is C18H25ClN2O2. The number of ketones is 1. The van der Waals surface area contributed by atoms with Gasteiger partial charge in [0, 0.05) is 29.6 Å². The molecule has 23 heavy (non-hydrogen) atoms. The van der Waals surface area contributed by atoms with Crippen molar-refractivity contribution in [2.24, 2.45) is 5.92 Å². The molecule has 4 nitrogen and oxygen atoms in total. The molecule has 2 rings (SSSR count). The Morgan fingerprint density at radius 3 is 2.22 bits per heavy atom. The first-order chi connectivity index (χ1) is 11.0. The molecule has 1 aromatic rings. The summed E-state index contributed by atoms with van der Waals surface area (Å²) >= 11 is 5.87. The molecule has 0 spiro atoms. The third kappa shape index (κ3) is 4.79. The molecule has 126 valence electrons. The Labute approximate surface area is 143 Å². The minimum atomic E-state index is 0.0518. The fourth-order valence-electron chi connectivity index (χ4n) is 3.07. The van der Waals surface area contributed by atoms with Crippen LogP contribution in [-0.2, 0) is 4.79 Å². The predicted molar refractivity (Wildman–Crippen MR) is 92.9 cm³/mol. The number of hydrogen-bond acceptors (Lipinski definition) is 3. The molecule has 0 N–H and O–H groups in total. The van der Waals surface area contributed by atoms with E-state index in [0.717, 1.165) is 44.6 Å². The quantitative estimate of drug-likeness (QED) is 0.749. The van der Waals surface area contributed by atoms with Gasteiger partial charge in [0.25, 0.3) is 0 Å². The summed E-state index contributed by atoms with van der Waals surface area (Å²) in [5.41, 5.74) is 0.729.